The van der Waals surface area contributed by atoms with E-state index in [1.807, 2.05) is 4.90 Å². The van der Waals surface area contributed by atoms with Gasteiger partial charge in [-0.25, -0.2) is 14.2 Å². The third-order valence-electron chi connectivity index (χ3n) is 6.46. The number of benzene rings is 1. The number of nitriles is 1. The number of fused-ring (bicyclic) bond motifs is 1. The van der Waals surface area contributed by atoms with Crippen LogP contribution in [0.25, 0.3) is 0 Å². The van der Waals surface area contributed by atoms with Crippen LogP contribution in [0.5, 0.6) is 0 Å². The number of amides is 3. The minimum Gasteiger partial charge on any atom is -0.293 e. The van der Waals surface area contributed by atoms with E-state index in [-0.39, 0.29) is 28.5 Å². The zero-order valence-electron chi connectivity index (χ0n) is 15.1. The Bertz CT molecular complexity index is 1010. The van der Waals surface area contributed by atoms with Crippen LogP contribution in [0.15, 0.2) is 18.2 Å². The van der Waals surface area contributed by atoms with Crippen LogP contribution < -0.4 is 4.90 Å². The van der Waals surface area contributed by atoms with E-state index in [0.717, 1.165) is 23.8 Å². The first kappa shape index (κ1) is 18.3. The van der Waals surface area contributed by atoms with Crippen LogP contribution in [0.1, 0.15) is 24.0 Å². The molecule has 1 saturated carbocycles. The molecular weight excluding hydrogens is 389 g/mol. The molecule has 3 heterocycles. The lowest BCUT2D eigenvalue weighted by Gasteiger charge is -2.32. The molecule has 0 radical (unpaired) electrons. The highest BCUT2D eigenvalue weighted by molar-refractivity contribution is 6.19. The Morgan fingerprint density at radius 2 is 1.93 bits per heavy atom. The number of hydrogen-bond acceptors (Lipinski definition) is 5. The second-order valence-electron chi connectivity index (χ2n) is 8.11. The number of alkyl halides is 3. The smallest absolute Gasteiger partial charge is 0.293 e. The summed E-state index contributed by atoms with van der Waals surface area (Å²) in [5, 5.41) is 8.97. The molecule has 150 valence electrons. The Morgan fingerprint density at radius 3 is 2.55 bits per heavy atom. The van der Waals surface area contributed by atoms with Crippen LogP contribution >= 0.6 is 0 Å². The summed E-state index contributed by atoms with van der Waals surface area (Å²) >= 11 is 0. The second kappa shape index (κ2) is 5.64. The van der Waals surface area contributed by atoms with E-state index in [9.17, 15) is 27.6 Å². The summed E-state index contributed by atoms with van der Waals surface area (Å²) in [4.78, 5) is 41.9. The second-order valence-corrected chi connectivity index (χ2v) is 8.11. The number of Topliss-reactive ketones (excluding diaryl/α,β-unsaturated/α-hetero) is 1. The number of halogens is 3. The van der Waals surface area contributed by atoms with Gasteiger partial charge < -0.3 is 0 Å². The van der Waals surface area contributed by atoms with Gasteiger partial charge in [0, 0.05) is 5.92 Å². The summed E-state index contributed by atoms with van der Waals surface area (Å²) in [5.41, 5.74) is -2.00. The number of anilines is 1. The predicted octanol–water partition coefficient (Wildman–Crippen LogP) is 1.86. The lowest BCUT2D eigenvalue weighted by Crippen LogP contribution is -2.62. The van der Waals surface area contributed by atoms with E-state index < -0.39 is 41.3 Å². The number of urea groups is 1. The Balaban J connectivity index is 1.57. The van der Waals surface area contributed by atoms with Crippen LogP contribution in [-0.2, 0) is 15.8 Å². The third-order valence-corrected chi connectivity index (χ3v) is 6.46. The Morgan fingerprint density at radius 1 is 1.21 bits per heavy atom. The first-order valence-electron chi connectivity index (χ1n) is 9.32. The molecule has 10 heteroatoms. The summed E-state index contributed by atoms with van der Waals surface area (Å²) < 4.78 is 39.7. The minimum absolute atomic E-state index is 0.0315. The fourth-order valence-electron chi connectivity index (χ4n) is 4.95. The van der Waals surface area contributed by atoms with Crippen LogP contribution in [0, 0.1) is 17.2 Å². The molecule has 3 saturated heterocycles. The van der Waals surface area contributed by atoms with Crippen molar-refractivity contribution in [1.29, 1.82) is 5.26 Å². The first-order chi connectivity index (χ1) is 13.7. The molecule has 1 aromatic rings. The fraction of sp³-hybridized carbons (Fsp3) is 0.474. The zero-order valence-corrected chi connectivity index (χ0v) is 15.1. The Kier molecular flexibility index (Phi) is 3.56. The number of carbonyl (C=O) groups excluding carboxylic acids is 3. The van der Waals surface area contributed by atoms with Crippen molar-refractivity contribution < 1.29 is 32.0 Å². The van der Waals surface area contributed by atoms with Crippen molar-refractivity contribution in [2.75, 3.05) is 24.7 Å². The summed E-state index contributed by atoms with van der Waals surface area (Å²) in [6.07, 6.45) is -3.25. The Labute approximate surface area is 163 Å². The molecule has 1 spiro atoms. The number of nitrogens with zero attached hydrogens (tertiary/aromatic N) is 4. The van der Waals surface area contributed by atoms with Crippen molar-refractivity contribution in [3.63, 3.8) is 0 Å². The molecule has 3 amide bonds. The summed E-state index contributed by atoms with van der Waals surface area (Å²) in [6.45, 7) is 0.912. The predicted molar refractivity (Wildman–Crippen MR) is 91.0 cm³/mol. The summed E-state index contributed by atoms with van der Waals surface area (Å²) in [7, 11) is 0. The largest absolute Gasteiger partial charge is 0.433 e. The highest BCUT2D eigenvalue weighted by Gasteiger charge is 2.74. The van der Waals surface area contributed by atoms with Crippen molar-refractivity contribution in [3.05, 3.63) is 29.3 Å². The van der Waals surface area contributed by atoms with Crippen molar-refractivity contribution in [2.24, 2.45) is 5.92 Å². The highest BCUT2D eigenvalue weighted by atomic mass is 19.4. The van der Waals surface area contributed by atoms with E-state index in [1.54, 1.807) is 0 Å². The van der Waals surface area contributed by atoms with Crippen molar-refractivity contribution in [2.45, 2.75) is 31.1 Å². The number of piperazine rings is 1. The average Bonchev–Trinajstić information content (AvgIpc) is 3.32. The maximum absolute atomic E-state index is 13.4. The molecule has 1 aliphatic carbocycles. The molecule has 4 aliphatic rings. The van der Waals surface area contributed by atoms with Crippen molar-refractivity contribution in [3.8, 4) is 6.07 Å². The lowest BCUT2D eigenvalue weighted by molar-refractivity contribution is -0.853. The van der Waals surface area contributed by atoms with E-state index >= 15 is 0 Å². The van der Waals surface area contributed by atoms with Gasteiger partial charge in [-0.1, -0.05) is 0 Å². The number of rotatable bonds is 3. The molecule has 4 unspecified atom stereocenters. The van der Waals surface area contributed by atoms with Gasteiger partial charge in [0.05, 0.1) is 36.0 Å². The number of carbonyl (C=O) groups is 3. The van der Waals surface area contributed by atoms with E-state index in [2.05, 4.69) is 0 Å². The van der Waals surface area contributed by atoms with E-state index in [4.69, 9.17) is 5.26 Å². The topological polar surface area (TPSA) is 81.5 Å². The van der Waals surface area contributed by atoms with E-state index in [0.29, 0.717) is 19.2 Å². The SMILES string of the molecule is N#Cc1ccc(N2C(=O)C3CN4CC(C(=O)C5CC5)[N+]3(C4)C2=O)cc1C(F)(F)F. The molecule has 0 aromatic heterocycles. The van der Waals surface area contributed by atoms with Crippen LogP contribution in [0.2, 0.25) is 0 Å². The number of imide groups is 1. The molecule has 0 N–H and O–H groups in total. The minimum atomic E-state index is -4.80. The third kappa shape index (κ3) is 2.34. The zero-order chi connectivity index (χ0) is 20.7. The fourth-order valence-corrected chi connectivity index (χ4v) is 4.95. The lowest BCUT2D eigenvalue weighted by atomic mass is 10.0. The van der Waals surface area contributed by atoms with E-state index in [1.165, 1.54) is 12.1 Å². The molecule has 7 nitrogen and oxygen atoms in total. The van der Waals surface area contributed by atoms with Gasteiger partial charge in [0.25, 0.3) is 5.91 Å². The quantitative estimate of drug-likeness (QED) is 0.567. The van der Waals surface area contributed by atoms with Gasteiger partial charge in [-0.3, -0.25) is 9.59 Å². The maximum atomic E-state index is 13.4. The number of hydrogen-bond donors (Lipinski definition) is 0. The van der Waals surface area contributed by atoms with Crippen molar-refractivity contribution >= 4 is 23.4 Å². The molecule has 4 atom stereocenters. The standard InChI is InChI=1S/C19H16F3N4O3/c20-19(21,22)13-5-12(4-3-11(13)6-23)25-17(28)15-8-24-7-14(16(27)10-1-2-10)26(15,9-24)18(25)29/h3-5,10,14-15H,1-2,7-9H2/q+1. The van der Waals surface area contributed by atoms with Crippen LogP contribution in [-0.4, -0.2) is 58.9 Å². The average molecular weight is 405 g/mol. The summed E-state index contributed by atoms with van der Waals surface area (Å²) in [6, 6.07) is 2.20. The Hall–Kier alpha value is -2.77. The van der Waals surface area contributed by atoms with Gasteiger partial charge in [-0.05, 0) is 31.0 Å². The van der Waals surface area contributed by atoms with Gasteiger partial charge in [0.15, 0.2) is 17.9 Å². The molecule has 3 aliphatic heterocycles. The van der Waals surface area contributed by atoms with Gasteiger partial charge in [0.1, 0.15) is 6.67 Å². The number of ketones is 1. The maximum Gasteiger partial charge on any atom is 0.433 e. The monoisotopic (exact) mass is 405 g/mol. The molecular formula is C19H16F3N4O3+. The first-order valence-corrected chi connectivity index (χ1v) is 9.32. The highest BCUT2D eigenvalue weighted by Crippen LogP contribution is 2.46. The van der Waals surface area contributed by atoms with Gasteiger partial charge in [0.2, 0.25) is 0 Å². The molecule has 1 aromatic carbocycles. The van der Waals surface area contributed by atoms with Gasteiger partial charge in [-0.2, -0.15) is 23.3 Å². The number of quaternary nitrogens is 1. The van der Waals surface area contributed by atoms with Gasteiger partial charge >= 0.3 is 12.2 Å². The van der Waals surface area contributed by atoms with Crippen LogP contribution in [0.4, 0.5) is 23.7 Å². The van der Waals surface area contributed by atoms with Crippen molar-refractivity contribution in [1.82, 2.24) is 4.90 Å². The molecule has 5 rings (SSSR count). The molecule has 2 bridgehead atoms. The normalized spacial score (nSPS) is 33.2. The van der Waals surface area contributed by atoms with Crippen LogP contribution in [0.3, 0.4) is 0 Å². The molecule has 29 heavy (non-hydrogen) atoms. The summed E-state index contributed by atoms with van der Waals surface area (Å²) in [5.74, 6) is -0.711. The van der Waals surface area contributed by atoms with Gasteiger partial charge in [-0.15, -0.1) is 0 Å². The molecule has 4 fully saturated rings.